The first-order chi connectivity index (χ1) is 14.6. The Bertz CT molecular complexity index is 992. The number of aromatic nitrogens is 2. The number of amides is 1. The summed E-state index contributed by atoms with van der Waals surface area (Å²) in [5, 5.41) is 3.12. The predicted octanol–water partition coefficient (Wildman–Crippen LogP) is 2.86. The second kappa shape index (κ2) is 8.75. The van der Waals surface area contributed by atoms with Crippen LogP contribution in [0.25, 0.3) is 0 Å². The van der Waals surface area contributed by atoms with E-state index in [1.54, 1.807) is 4.90 Å². The summed E-state index contributed by atoms with van der Waals surface area (Å²) in [6.45, 7) is 6.41. The lowest BCUT2D eigenvalue weighted by molar-refractivity contribution is 0.0293. The topological polar surface area (TPSA) is 120 Å². The fraction of sp³-hybridized carbons (Fsp3) is 0.429. The van der Waals surface area contributed by atoms with Crippen molar-refractivity contribution in [3.8, 4) is 5.75 Å². The molecule has 10 heteroatoms. The molecule has 0 bridgehead atoms. The minimum absolute atomic E-state index is 0.0299. The van der Waals surface area contributed by atoms with Crippen molar-refractivity contribution in [3.05, 3.63) is 41.3 Å². The molecule has 0 saturated carbocycles. The molecule has 3 N–H and O–H groups in total. The minimum Gasteiger partial charge on any atom is -0.496 e. The molecule has 166 valence electrons. The van der Waals surface area contributed by atoms with Gasteiger partial charge in [-0.05, 0) is 45.4 Å². The van der Waals surface area contributed by atoms with Gasteiger partial charge in [0.2, 0.25) is 11.7 Å². The van der Waals surface area contributed by atoms with Crippen molar-refractivity contribution in [2.24, 2.45) is 0 Å². The molecule has 1 saturated heterocycles. The number of ether oxygens (including phenoxy) is 2. The summed E-state index contributed by atoms with van der Waals surface area (Å²) in [6.07, 6.45) is 1.60. The third kappa shape index (κ3) is 5.39. The van der Waals surface area contributed by atoms with Crippen LogP contribution in [0.1, 0.15) is 43.1 Å². The molecule has 9 nitrogen and oxygen atoms in total. The lowest BCUT2D eigenvalue weighted by Crippen LogP contribution is -2.36. The molecule has 1 aromatic carbocycles. The highest BCUT2D eigenvalue weighted by Crippen LogP contribution is 2.25. The Morgan fingerprint density at radius 1 is 1.29 bits per heavy atom. The molecule has 2 heterocycles. The van der Waals surface area contributed by atoms with Crippen molar-refractivity contribution in [2.45, 2.75) is 38.8 Å². The van der Waals surface area contributed by atoms with Crippen molar-refractivity contribution >= 4 is 23.6 Å². The zero-order valence-corrected chi connectivity index (χ0v) is 17.9. The Hall–Kier alpha value is -3.43. The van der Waals surface area contributed by atoms with Gasteiger partial charge in [-0.15, -0.1) is 0 Å². The third-order valence-electron chi connectivity index (χ3n) is 4.64. The molecular formula is C21H26FN5O4. The number of anilines is 2. The fourth-order valence-corrected chi connectivity index (χ4v) is 3.20. The van der Waals surface area contributed by atoms with Crippen LogP contribution in [-0.2, 0) is 4.74 Å². The number of hydrogen-bond donors (Lipinski definition) is 2. The van der Waals surface area contributed by atoms with Crippen LogP contribution in [0, 0.1) is 5.82 Å². The third-order valence-corrected chi connectivity index (χ3v) is 4.64. The van der Waals surface area contributed by atoms with E-state index in [0.717, 1.165) is 6.07 Å². The Morgan fingerprint density at radius 3 is 2.68 bits per heavy atom. The van der Waals surface area contributed by atoms with Gasteiger partial charge in [0.15, 0.2) is 0 Å². The molecule has 1 fully saturated rings. The second-order valence-electron chi connectivity index (χ2n) is 8.22. The molecule has 1 aliphatic rings. The van der Waals surface area contributed by atoms with E-state index in [9.17, 15) is 14.0 Å². The molecule has 1 aromatic heterocycles. The Balaban J connectivity index is 1.69. The van der Waals surface area contributed by atoms with E-state index in [1.807, 2.05) is 20.8 Å². The molecule has 1 aliphatic heterocycles. The number of likely N-dealkylation sites (tertiary alicyclic amines) is 1. The van der Waals surface area contributed by atoms with Gasteiger partial charge in [0, 0.05) is 25.3 Å². The summed E-state index contributed by atoms with van der Waals surface area (Å²) >= 11 is 0. The molecule has 2 aromatic rings. The first kappa shape index (κ1) is 22.3. The Morgan fingerprint density at radius 2 is 2.03 bits per heavy atom. The SMILES string of the molecule is COc1ccc(F)cc1C(=O)c1cnc(N[C@@H]2CCN(C(=O)OC(C)(C)C)C2)nc1N. The molecular weight excluding hydrogens is 405 g/mol. The molecule has 1 atom stereocenters. The van der Waals surface area contributed by atoms with Crippen LogP contribution in [0.5, 0.6) is 5.75 Å². The number of nitrogens with one attached hydrogen (secondary N) is 1. The van der Waals surface area contributed by atoms with Gasteiger partial charge in [-0.2, -0.15) is 4.98 Å². The number of carbonyl (C=O) groups excluding carboxylic acids is 2. The maximum Gasteiger partial charge on any atom is 0.410 e. The summed E-state index contributed by atoms with van der Waals surface area (Å²) in [5.74, 6) is -0.705. The van der Waals surface area contributed by atoms with Crippen LogP contribution < -0.4 is 15.8 Å². The number of carbonyl (C=O) groups is 2. The minimum atomic E-state index is -0.572. The quantitative estimate of drug-likeness (QED) is 0.694. The van der Waals surface area contributed by atoms with E-state index in [2.05, 4.69) is 15.3 Å². The highest BCUT2D eigenvalue weighted by molar-refractivity contribution is 6.13. The maximum atomic E-state index is 13.6. The van der Waals surface area contributed by atoms with Gasteiger partial charge in [0.25, 0.3) is 0 Å². The first-order valence-corrected chi connectivity index (χ1v) is 9.82. The van der Waals surface area contributed by atoms with Crippen LogP contribution in [-0.4, -0.2) is 58.6 Å². The Kier molecular flexibility index (Phi) is 6.28. The van der Waals surface area contributed by atoms with Gasteiger partial charge in [0.05, 0.1) is 18.2 Å². The zero-order valence-electron chi connectivity index (χ0n) is 17.9. The summed E-state index contributed by atoms with van der Waals surface area (Å²) in [6, 6.07) is 3.56. The molecule has 0 spiro atoms. The number of nitrogens with zero attached hydrogens (tertiary/aromatic N) is 3. The highest BCUT2D eigenvalue weighted by Gasteiger charge is 2.30. The molecule has 0 aliphatic carbocycles. The average molecular weight is 431 g/mol. The molecule has 3 rings (SSSR count). The Labute approximate surface area is 179 Å². The van der Waals surface area contributed by atoms with E-state index in [4.69, 9.17) is 15.2 Å². The van der Waals surface area contributed by atoms with Crippen LogP contribution >= 0.6 is 0 Å². The van der Waals surface area contributed by atoms with Crippen LogP contribution in [0.3, 0.4) is 0 Å². The number of ketones is 1. The van der Waals surface area contributed by atoms with Gasteiger partial charge in [-0.1, -0.05) is 0 Å². The average Bonchev–Trinajstić information content (AvgIpc) is 3.15. The number of nitrogens with two attached hydrogens (primary N) is 1. The zero-order chi connectivity index (χ0) is 22.8. The van der Waals surface area contributed by atoms with Crippen molar-refractivity contribution in [2.75, 3.05) is 31.2 Å². The summed E-state index contributed by atoms with van der Waals surface area (Å²) in [5.41, 5.74) is 5.48. The first-order valence-electron chi connectivity index (χ1n) is 9.82. The molecule has 31 heavy (non-hydrogen) atoms. The van der Waals surface area contributed by atoms with Crippen LogP contribution in [0.2, 0.25) is 0 Å². The van der Waals surface area contributed by atoms with Gasteiger partial charge < -0.3 is 25.4 Å². The van der Waals surface area contributed by atoms with E-state index in [-0.39, 0.29) is 40.8 Å². The predicted molar refractivity (Wildman–Crippen MR) is 113 cm³/mol. The van der Waals surface area contributed by atoms with Crippen LogP contribution in [0.15, 0.2) is 24.4 Å². The van der Waals surface area contributed by atoms with Gasteiger partial charge in [-0.3, -0.25) is 4.79 Å². The second-order valence-corrected chi connectivity index (χ2v) is 8.22. The lowest BCUT2D eigenvalue weighted by atomic mass is 10.0. The van der Waals surface area contributed by atoms with Crippen molar-refractivity contribution in [1.29, 1.82) is 0 Å². The monoisotopic (exact) mass is 431 g/mol. The number of methoxy groups -OCH3 is 1. The summed E-state index contributed by atoms with van der Waals surface area (Å²) < 4.78 is 24.1. The molecule has 0 radical (unpaired) electrons. The lowest BCUT2D eigenvalue weighted by Gasteiger charge is -2.24. The summed E-state index contributed by atoms with van der Waals surface area (Å²) in [4.78, 5) is 34.9. The number of hydrogen-bond acceptors (Lipinski definition) is 8. The maximum absolute atomic E-state index is 13.6. The standard InChI is InChI=1S/C21H26FN5O4/c1-21(2,3)31-20(29)27-8-7-13(11-27)25-19-24-10-15(18(23)26-19)17(28)14-9-12(22)5-6-16(14)30-4/h5-6,9-10,13H,7-8,11H2,1-4H3,(H3,23,24,25,26)/t13-/m1/s1. The van der Waals surface area contributed by atoms with Gasteiger partial charge in [-0.25, -0.2) is 14.2 Å². The number of benzene rings is 1. The largest absolute Gasteiger partial charge is 0.496 e. The van der Waals surface area contributed by atoms with E-state index < -0.39 is 17.2 Å². The number of rotatable bonds is 5. The van der Waals surface area contributed by atoms with E-state index >= 15 is 0 Å². The normalized spacial score (nSPS) is 16.2. The smallest absolute Gasteiger partial charge is 0.410 e. The van der Waals surface area contributed by atoms with Crippen LogP contribution in [0.4, 0.5) is 21.0 Å². The van der Waals surface area contributed by atoms with Gasteiger partial charge in [0.1, 0.15) is 23.0 Å². The van der Waals surface area contributed by atoms with Crippen molar-refractivity contribution in [1.82, 2.24) is 14.9 Å². The fourth-order valence-electron chi connectivity index (χ4n) is 3.20. The van der Waals surface area contributed by atoms with Crippen molar-refractivity contribution in [3.63, 3.8) is 0 Å². The molecule has 0 unspecified atom stereocenters. The van der Waals surface area contributed by atoms with Gasteiger partial charge >= 0.3 is 6.09 Å². The van der Waals surface area contributed by atoms with E-state index in [1.165, 1.54) is 25.4 Å². The van der Waals surface area contributed by atoms with E-state index in [0.29, 0.717) is 19.5 Å². The van der Waals surface area contributed by atoms with Crippen molar-refractivity contribution < 1.29 is 23.5 Å². The highest BCUT2D eigenvalue weighted by atomic mass is 19.1. The summed E-state index contributed by atoms with van der Waals surface area (Å²) in [7, 11) is 1.39. The number of halogens is 1. The number of nitrogen functional groups attached to an aromatic ring is 1. The molecule has 1 amide bonds.